The van der Waals surface area contributed by atoms with Crippen molar-refractivity contribution in [1.29, 1.82) is 0 Å². The van der Waals surface area contributed by atoms with Gasteiger partial charge in [-0.15, -0.1) is 0 Å². The first kappa shape index (κ1) is 14.5. The Morgan fingerprint density at radius 3 is 1.95 bits per heavy atom. The number of carbonyl (C=O) groups excluding carboxylic acids is 2. The van der Waals surface area contributed by atoms with Crippen LogP contribution in [0.2, 0.25) is 0 Å². The molecule has 5 aliphatic carbocycles. The van der Waals surface area contributed by atoms with E-state index in [1.807, 2.05) is 0 Å². The van der Waals surface area contributed by atoms with Gasteiger partial charge in [0.15, 0.2) is 0 Å². The summed E-state index contributed by atoms with van der Waals surface area (Å²) in [7, 11) is 0. The van der Waals surface area contributed by atoms with E-state index in [2.05, 4.69) is 10.6 Å². The van der Waals surface area contributed by atoms with Crippen molar-refractivity contribution in [3.63, 3.8) is 0 Å². The molecule has 0 saturated heterocycles. The zero-order valence-electron chi connectivity index (χ0n) is 13.4. The molecule has 4 bridgehead atoms. The van der Waals surface area contributed by atoms with Crippen molar-refractivity contribution in [2.24, 2.45) is 29.1 Å². The third kappa shape index (κ3) is 3.02. The molecule has 0 radical (unpaired) electrons. The van der Waals surface area contributed by atoms with Crippen molar-refractivity contribution in [1.82, 2.24) is 10.6 Å². The van der Waals surface area contributed by atoms with Crippen molar-refractivity contribution < 1.29 is 9.59 Å². The van der Waals surface area contributed by atoms with Crippen LogP contribution in [0.3, 0.4) is 0 Å². The van der Waals surface area contributed by atoms with Gasteiger partial charge in [0.2, 0.25) is 11.8 Å². The predicted molar refractivity (Wildman–Crippen MR) is 84.0 cm³/mol. The molecule has 0 atom stereocenters. The average Bonchev–Trinajstić information content (AvgIpc) is 3.25. The maximum absolute atomic E-state index is 12.3. The van der Waals surface area contributed by atoms with Crippen molar-refractivity contribution in [3.05, 3.63) is 0 Å². The Labute approximate surface area is 132 Å². The quantitative estimate of drug-likeness (QED) is 0.739. The molecule has 0 aromatic rings. The molecule has 4 nitrogen and oxygen atoms in total. The lowest BCUT2D eigenvalue weighted by atomic mass is 9.49. The van der Waals surface area contributed by atoms with Crippen LogP contribution in [0.1, 0.15) is 57.8 Å². The van der Waals surface area contributed by atoms with Crippen LogP contribution in [0, 0.1) is 29.1 Å². The van der Waals surface area contributed by atoms with Crippen LogP contribution in [-0.2, 0) is 9.59 Å². The highest BCUT2D eigenvalue weighted by atomic mass is 16.2. The Balaban J connectivity index is 1.21. The first-order valence-corrected chi connectivity index (χ1v) is 9.16. The molecule has 2 N–H and O–H groups in total. The minimum atomic E-state index is 0.162. The predicted octanol–water partition coefficient (Wildman–Crippen LogP) is 2.24. The first-order valence-electron chi connectivity index (χ1n) is 9.16. The minimum Gasteiger partial charge on any atom is -0.354 e. The average molecular weight is 304 g/mol. The largest absolute Gasteiger partial charge is 0.354 e. The van der Waals surface area contributed by atoms with Crippen LogP contribution in [0.15, 0.2) is 0 Å². The fraction of sp³-hybridized carbons (Fsp3) is 0.889. The lowest BCUT2D eigenvalue weighted by Gasteiger charge is -2.56. The number of carbonyl (C=O) groups is 2. The van der Waals surface area contributed by atoms with Gasteiger partial charge in [-0.1, -0.05) is 0 Å². The summed E-state index contributed by atoms with van der Waals surface area (Å²) in [5.41, 5.74) is 0.316. The van der Waals surface area contributed by atoms with E-state index < -0.39 is 0 Å². The Hall–Kier alpha value is -1.06. The number of hydrogen-bond donors (Lipinski definition) is 2. The van der Waals surface area contributed by atoms with Crippen LogP contribution in [-0.4, -0.2) is 24.9 Å². The topological polar surface area (TPSA) is 58.2 Å². The smallest absolute Gasteiger partial charge is 0.223 e. The monoisotopic (exact) mass is 304 g/mol. The van der Waals surface area contributed by atoms with Gasteiger partial charge in [0.25, 0.3) is 0 Å². The zero-order chi connectivity index (χ0) is 15.2. The van der Waals surface area contributed by atoms with E-state index in [4.69, 9.17) is 0 Å². The summed E-state index contributed by atoms with van der Waals surface area (Å²) < 4.78 is 0. The molecule has 122 valence electrons. The summed E-state index contributed by atoms with van der Waals surface area (Å²) in [6.45, 7) is 1.14. The van der Waals surface area contributed by atoms with E-state index in [9.17, 15) is 9.59 Å². The van der Waals surface area contributed by atoms with E-state index >= 15 is 0 Å². The third-order valence-corrected chi connectivity index (χ3v) is 6.40. The Bertz CT molecular complexity index is 434. The van der Waals surface area contributed by atoms with Crippen molar-refractivity contribution >= 4 is 11.8 Å². The van der Waals surface area contributed by atoms with Gasteiger partial charge in [-0.2, -0.15) is 0 Å². The molecule has 22 heavy (non-hydrogen) atoms. The summed E-state index contributed by atoms with van der Waals surface area (Å²) >= 11 is 0. The highest BCUT2D eigenvalue weighted by Gasteiger charge is 2.51. The Morgan fingerprint density at radius 2 is 1.41 bits per heavy atom. The minimum absolute atomic E-state index is 0.162. The van der Waals surface area contributed by atoms with E-state index in [0.717, 1.165) is 30.6 Å². The molecule has 0 aromatic carbocycles. The number of amides is 2. The molecule has 5 fully saturated rings. The molecule has 0 heterocycles. The lowest BCUT2D eigenvalue weighted by Crippen LogP contribution is -2.48. The third-order valence-electron chi connectivity index (χ3n) is 6.40. The molecule has 0 unspecified atom stereocenters. The molecule has 0 aromatic heterocycles. The van der Waals surface area contributed by atoms with Gasteiger partial charge < -0.3 is 10.6 Å². The van der Waals surface area contributed by atoms with Gasteiger partial charge in [0.1, 0.15) is 0 Å². The van der Waals surface area contributed by atoms with E-state index in [1.165, 1.54) is 38.5 Å². The van der Waals surface area contributed by atoms with Gasteiger partial charge in [-0.25, -0.2) is 0 Å². The van der Waals surface area contributed by atoms with Crippen LogP contribution < -0.4 is 10.6 Å². The van der Waals surface area contributed by atoms with Crippen LogP contribution in [0.4, 0.5) is 0 Å². The summed E-state index contributed by atoms with van der Waals surface area (Å²) in [5, 5.41) is 5.92. The van der Waals surface area contributed by atoms with Gasteiger partial charge in [-0.3, -0.25) is 9.59 Å². The van der Waals surface area contributed by atoms with Gasteiger partial charge in [0, 0.05) is 25.4 Å². The van der Waals surface area contributed by atoms with Crippen LogP contribution >= 0.6 is 0 Å². The second kappa shape index (κ2) is 5.54. The number of nitrogens with one attached hydrogen (secondary N) is 2. The molecular weight excluding hydrogens is 276 g/mol. The second-order valence-electron chi connectivity index (χ2n) is 8.51. The van der Waals surface area contributed by atoms with E-state index in [1.54, 1.807) is 0 Å². The molecular formula is C18H28N2O2. The van der Waals surface area contributed by atoms with Crippen molar-refractivity contribution in [3.8, 4) is 0 Å². The number of hydrogen-bond acceptors (Lipinski definition) is 2. The standard InChI is InChI=1S/C18H28N2O2/c21-16(19-3-4-20-17(22)15-1-2-15)11-18-8-12-5-13(9-18)7-14(6-12)10-18/h12-15H,1-11H2,(H,19,21)(H,20,22). The Kier molecular flexibility index (Phi) is 3.66. The highest BCUT2D eigenvalue weighted by molar-refractivity contribution is 5.81. The molecule has 5 aliphatic rings. The molecule has 0 aliphatic heterocycles. The van der Waals surface area contributed by atoms with Crippen LogP contribution in [0.5, 0.6) is 0 Å². The zero-order valence-corrected chi connectivity index (χ0v) is 13.4. The summed E-state index contributed by atoms with van der Waals surface area (Å²) in [6.07, 6.45) is 10.9. The fourth-order valence-electron chi connectivity index (χ4n) is 5.79. The van der Waals surface area contributed by atoms with Crippen LogP contribution in [0.25, 0.3) is 0 Å². The van der Waals surface area contributed by atoms with Gasteiger partial charge >= 0.3 is 0 Å². The van der Waals surface area contributed by atoms with Crippen molar-refractivity contribution in [2.45, 2.75) is 57.8 Å². The van der Waals surface area contributed by atoms with E-state index in [-0.39, 0.29) is 17.7 Å². The fourth-order valence-corrected chi connectivity index (χ4v) is 5.79. The van der Waals surface area contributed by atoms with Crippen molar-refractivity contribution in [2.75, 3.05) is 13.1 Å². The summed E-state index contributed by atoms with van der Waals surface area (Å²) in [4.78, 5) is 23.8. The molecule has 5 rings (SSSR count). The normalized spacial score (nSPS) is 38.8. The molecule has 0 spiro atoms. The Morgan fingerprint density at radius 1 is 0.864 bits per heavy atom. The SMILES string of the molecule is O=C(CC12CC3CC(CC(C3)C1)C2)NCCNC(=O)C1CC1. The first-order chi connectivity index (χ1) is 10.6. The summed E-state index contributed by atoms with van der Waals surface area (Å²) in [5.74, 6) is 3.31. The highest BCUT2D eigenvalue weighted by Crippen LogP contribution is 2.61. The maximum atomic E-state index is 12.3. The van der Waals surface area contributed by atoms with Gasteiger partial charge in [0.05, 0.1) is 0 Å². The summed E-state index contributed by atoms with van der Waals surface area (Å²) in [6, 6.07) is 0. The lowest BCUT2D eigenvalue weighted by molar-refractivity contribution is -0.129. The molecule has 5 saturated carbocycles. The maximum Gasteiger partial charge on any atom is 0.223 e. The molecule has 4 heteroatoms. The van der Waals surface area contributed by atoms with E-state index in [0.29, 0.717) is 24.9 Å². The van der Waals surface area contributed by atoms with Gasteiger partial charge in [-0.05, 0) is 74.5 Å². The number of rotatable bonds is 6. The second-order valence-corrected chi connectivity index (χ2v) is 8.51. The molecule has 2 amide bonds.